The lowest BCUT2D eigenvalue weighted by molar-refractivity contribution is -0.275. The highest BCUT2D eigenvalue weighted by molar-refractivity contribution is 8.00. The Kier molecular flexibility index (Phi) is 5.09. The zero-order valence-electron chi connectivity index (χ0n) is 12.2. The first-order chi connectivity index (χ1) is 9.86. The lowest BCUT2D eigenvalue weighted by Gasteiger charge is -2.35. The normalized spacial score (nSPS) is 24.0. The van der Waals surface area contributed by atoms with E-state index in [4.69, 9.17) is 0 Å². The maximum Gasteiger partial charge on any atom is 0.573 e. The highest BCUT2D eigenvalue weighted by Gasteiger charge is 2.41. The van der Waals surface area contributed by atoms with Gasteiger partial charge in [-0.1, -0.05) is 25.1 Å². The van der Waals surface area contributed by atoms with Gasteiger partial charge in [0, 0.05) is 10.3 Å². The maximum atomic E-state index is 12.6. The summed E-state index contributed by atoms with van der Waals surface area (Å²) in [7, 11) is 0. The first kappa shape index (κ1) is 16.5. The molecule has 2 rings (SSSR count). The van der Waals surface area contributed by atoms with E-state index in [1.165, 1.54) is 6.07 Å². The van der Waals surface area contributed by atoms with E-state index in [1.54, 1.807) is 18.2 Å². The first-order valence-corrected chi connectivity index (χ1v) is 8.06. The molecule has 1 aromatic rings. The van der Waals surface area contributed by atoms with Gasteiger partial charge in [0.15, 0.2) is 0 Å². The number of thioether (sulfide) groups is 1. The van der Waals surface area contributed by atoms with Gasteiger partial charge >= 0.3 is 6.36 Å². The van der Waals surface area contributed by atoms with E-state index in [1.807, 2.05) is 18.7 Å². The summed E-state index contributed by atoms with van der Waals surface area (Å²) in [6.45, 7) is 4.77. The molecule has 21 heavy (non-hydrogen) atoms. The number of ether oxygens (including phenoxy) is 1. The van der Waals surface area contributed by atoms with Crippen molar-refractivity contribution in [2.24, 2.45) is 0 Å². The minimum Gasteiger partial charge on any atom is -0.405 e. The van der Waals surface area contributed by atoms with Crippen molar-refractivity contribution in [1.29, 1.82) is 0 Å². The molecule has 0 spiro atoms. The number of para-hydroxylation sites is 1. The molecule has 2 unspecified atom stereocenters. The van der Waals surface area contributed by atoms with Gasteiger partial charge in [-0.15, -0.1) is 13.2 Å². The summed E-state index contributed by atoms with van der Waals surface area (Å²) in [5, 5.41) is 3.34. The smallest absolute Gasteiger partial charge is 0.405 e. The van der Waals surface area contributed by atoms with Crippen LogP contribution < -0.4 is 10.1 Å². The average molecular weight is 319 g/mol. The van der Waals surface area contributed by atoms with Crippen LogP contribution in [0.4, 0.5) is 13.2 Å². The van der Waals surface area contributed by atoms with Crippen molar-refractivity contribution < 1.29 is 17.9 Å². The van der Waals surface area contributed by atoms with E-state index in [9.17, 15) is 13.2 Å². The minimum absolute atomic E-state index is 0.107. The molecule has 0 radical (unpaired) electrons. The number of hydrogen-bond donors (Lipinski definition) is 1. The molecule has 2 nitrogen and oxygen atoms in total. The van der Waals surface area contributed by atoms with Crippen LogP contribution in [0, 0.1) is 0 Å². The average Bonchev–Trinajstić information content (AvgIpc) is 2.83. The second-order valence-electron chi connectivity index (χ2n) is 5.34. The molecule has 1 fully saturated rings. The standard InChI is InChI=1S/C15H20F3NOS/c1-3-19-13(14(2)9-6-10-21-14)11-7-4-5-8-12(11)20-15(16,17)18/h4-5,7-8,13,19H,3,6,9-10H2,1-2H3. The first-order valence-electron chi connectivity index (χ1n) is 7.08. The third kappa shape index (κ3) is 4.07. The Balaban J connectivity index is 2.36. The molecule has 1 aromatic carbocycles. The molecule has 6 heteroatoms. The van der Waals surface area contributed by atoms with Crippen molar-refractivity contribution in [2.45, 2.75) is 43.8 Å². The van der Waals surface area contributed by atoms with Crippen LogP contribution >= 0.6 is 11.8 Å². The fourth-order valence-electron chi connectivity index (χ4n) is 2.82. The van der Waals surface area contributed by atoms with Gasteiger partial charge in [-0.25, -0.2) is 0 Å². The van der Waals surface area contributed by atoms with E-state index in [0.29, 0.717) is 12.1 Å². The highest BCUT2D eigenvalue weighted by atomic mass is 32.2. The summed E-state index contributed by atoms with van der Waals surface area (Å²) in [6, 6.07) is 6.27. The summed E-state index contributed by atoms with van der Waals surface area (Å²) in [4.78, 5) is 0. The van der Waals surface area contributed by atoms with Crippen molar-refractivity contribution in [2.75, 3.05) is 12.3 Å². The maximum absolute atomic E-state index is 12.6. The fourth-order valence-corrected chi connectivity index (χ4v) is 4.24. The van der Waals surface area contributed by atoms with Crippen molar-refractivity contribution >= 4 is 11.8 Å². The molecule has 0 aliphatic carbocycles. The van der Waals surface area contributed by atoms with Crippen LogP contribution in [0.2, 0.25) is 0 Å². The summed E-state index contributed by atoms with van der Waals surface area (Å²) in [5.74, 6) is 0.936. The third-order valence-corrected chi connectivity index (χ3v) is 5.32. The van der Waals surface area contributed by atoms with Crippen molar-refractivity contribution in [3.63, 3.8) is 0 Å². The molecule has 118 valence electrons. The van der Waals surface area contributed by atoms with Gasteiger partial charge in [0.1, 0.15) is 5.75 Å². The predicted octanol–water partition coefficient (Wildman–Crippen LogP) is 4.52. The van der Waals surface area contributed by atoms with Crippen LogP contribution in [0.5, 0.6) is 5.75 Å². The molecular formula is C15H20F3NOS. The fraction of sp³-hybridized carbons (Fsp3) is 0.600. The van der Waals surface area contributed by atoms with Gasteiger partial charge in [-0.05, 0) is 38.1 Å². The number of hydrogen-bond acceptors (Lipinski definition) is 3. The Morgan fingerprint density at radius 2 is 2.10 bits per heavy atom. The molecule has 1 aliphatic rings. The van der Waals surface area contributed by atoms with Crippen molar-refractivity contribution in [3.05, 3.63) is 29.8 Å². The lowest BCUT2D eigenvalue weighted by Crippen LogP contribution is -2.38. The van der Waals surface area contributed by atoms with E-state index in [0.717, 1.165) is 18.6 Å². The van der Waals surface area contributed by atoms with Gasteiger partial charge in [-0.2, -0.15) is 11.8 Å². The largest absolute Gasteiger partial charge is 0.573 e. The molecule has 1 heterocycles. The Labute approximate surface area is 127 Å². The topological polar surface area (TPSA) is 21.3 Å². The molecule has 0 aromatic heterocycles. The number of benzene rings is 1. The van der Waals surface area contributed by atoms with Gasteiger partial charge in [0.25, 0.3) is 0 Å². The Hall–Kier alpha value is -0.880. The number of rotatable bonds is 5. The third-order valence-electron chi connectivity index (χ3n) is 3.72. The second-order valence-corrected chi connectivity index (χ2v) is 6.97. The molecule has 1 aliphatic heterocycles. The van der Waals surface area contributed by atoms with Crippen LogP contribution in [-0.4, -0.2) is 23.4 Å². The molecule has 2 atom stereocenters. The minimum atomic E-state index is -4.67. The summed E-state index contributed by atoms with van der Waals surface area (Å²) in [6.07, 6.45) is -2.60. The lowest BCUT2D eigenvalue weighted by atomic mass is 9.89. The number of alkyl halides is 3. The van der Waals surface area contributed by atoms with E-state index < -0.39 is 6.36 Å². The number of halogens is 3. The second kappa shape index (κ2) is 6.48. The summed E-state index contributed by atoms with van der Waals surface area (Å²) < 4.78 is 41.9. The Bertz CT molecular complexity index is 472. The van der Waals surface area contributed by atoms with Crippen LogP contribution in [0.25, 0.3) is 0 Å². The quantitative estimate of drug-likeness (QED) is 0.862. The van der Waals surface area contributed by atoms with Gasteiger partial charge < -0.3 is 10.1 Å². The molecule has 1 N–H and O–H groups in total. The predicted molar refractivity (Wildman–Crippen MR) is 79.6 cm³/mol. The van der Waals surface area contributed by atoms with Crippen molar-refractivity contribution in [1.82, 2.24) is 5.32 Å². The molecule has 0 bridgehead atoms. The van der Waals surface area contributed by atoms with E-state index >= 15 is 0 Å². The molecule has 0 saturated carbocycles. The van der Waals surface area contributed by atoms with Crippen molar-refractivity contribution in [3.8, 4) is 5.75 Å². The highest BCUT2D eigenvalue weighted by Crippen LogP contribution is 2.48. The van der Waals surface area contributed by atoms with Crippen LogP contribution in [0.15, 0.2) is 24.3 Å². The number of nitrogens with one attached hydrogen (secondary N) is 1. The zero-order chi connectivity index (χ0) is 15.5. The molecule has 1 saturated heterocycles. The van der Waals surface area contributed by atoms with E-state index in [2.05, 4.69) is 17.0 Å². The SMILES string of the molecule is CCNC(c1ccccc1OC(F)(F)F)C1(C)CCCS1. The summed E-state index contributed by atoms with van der Waals surface area (Å²) in [5.41, 5.74) is 0.577. The van der Waals surface area contributed by atoms with Gasteiger partial charge in [-0.3, -0.25) is 0 Å². The van der Waals surface area contributed by atoms with Gasteiger partial charge in [0.05, 0.1) is 6.04 Å². The van der Waals surface area contributed by atoms with Crippen LogP contribution in [0.1, 0.15) is 38.3 Å². The molecule has 0 amide bonds. The summed E-state index contributed by atoms with van der Waals surface area (Å²) >= 11 is 1.81. The zero-order valence-corrected chi connectivity index (χ0v) is 13.0. The van der Waals surface area contributed by atoms with Crippen LogP contribution in [0.3, 0.4) is 0 Å². The Morgan fingerprint density at radius 1 is 1.38 bits per heavy atom. The van der Waals surface area contributed by atoms with Crippen LogP contribution in [-0.2, 0) is 0 Å². The molecular weight excluding hydrogens is 299 g/mol. The monoisotopic (exact) mass is 319 g/mol. The van der Waals surface area contributed by atoms with Gasteiger partial charge in [0.2, 0.25) is 0 Å². The Morgan fingerprint density at radius 3 is 2.67 bits per heavy atom. The van der Waals surface area contributed by atoms with E-state index in [-0.39, 0.29) is 16.5 Å².